The van der Waals surface area contributed by atoms with Gasteiger partial charge in [-0.05, 0) is 103 Å². The molecule has 0 radical (unpaired) electrons. The molecule has 0 bridgehead atoms. The van der Waals surface area contributed by atoms with Crippen LogP contribution in [0.3, 0.4) is 0 Å². The van der Waals surface area contributed by atoms with Crippen molar-refractivity contribution in [3.8, 4) is 0 Å². The summed E-state index contributed by atoms with van der Waals surface area (Å²) in [7, 11) is 1.15. The van der Waals surface area contributed by atoms with Crippen LogP contribution in [0.4, 0.5) is 0 Å². The topological polar surface area (TPSA) is 111 Å². The summed E-state index contributed by atoms with van der Waals surface area (Å²) in [5.41, 5.74) is 0. The third kappa shape index (κ3) is 63.8. The van der Waals surface area contributed by atoms with E-state index in [4.69, 9.17) is 18.5 Å². The average Bonchev–Trinajstić information content (AvgIpc) is 3.42. The molecule has 2 atom stereocenters. The highest BCUT2D eigenvalue weighted by molar-refractivity contribution is 7.45. The van der Waals surface area contributed by atoms with Crippen molar-refractivity contribution in [3.05, 3.63) is 109 Å². The number of carbonyl (C=O) groups is 2. The molecule has 0 saturated carbocycles. The Kier molecular flexibility index (Phi) is 57.8. The van der Waals surface area contributed by atoms with E-state index in [1.807, 2.05) is 21.1 Å². The van der Waals surface area contributed by atoms with Crippen molar-refractivity contribution in [2.24, 2.45) is 0 Å². The quantitative estimate of drug-likeness (QED) is 0.0195. The molecule has 0 heterocycles. The third-order valence-electron chi connectivity index (χ3n) is 13.8. The zero-order chi connectivity index (χ0) is 58.4. The summed E-state index contributed by atoms with van der Waals surface area (Å²) in [5.74, 6) is -0.841. The average molecular weight is 1140 g/mol. The van der Waals surface area contributed by atoms with Crippen LogP contribution in [0, 0.1) is 0 Å². The molecule has 0 rings (SSSR count). The molecule has 2 unspecified atom stereocenters. The lowest BCUT2D eigenvalue weighted by molar-refractivity contribution is -0.870. The predicted molar refractivity (Wildman–Crippen MR) is 342 cm³/mol. The summed E-state index contributed by atoms with van der Waals surface area (Å²) in [5, 5.41) is 0. The number of carbonyl (C=O) groups excluding carboxylic acids is 2. The lowest BCUT2D eigenvalue weighted by Crippen LogP contribution is -2.37. The largest absolute Gasteiger partial charge is 0.756 e. The van der Waals surface area contributed by atoms with Crippen molar-refractivity contribution in [2.75, 3.05) is 47.5 Å². The Morgan fingerprint density at radius 1 is 0.400 bits per heavy atom. The number of unbranched alkanes of at least 4 members (excludes halogenated alkanes) is 27. The van der Waals surface area contributed by atoms with Crippen LogP contribution in [0.2, 0.25) is 0 Å². The van der Waals surface area contributed by atoms with Crippen LogP contribution in [0.5, 0.6) is 0 Å². The number of likely N-dealkylation sites (N-methyl/N-ethyl adjacent to an activating group) is 1. The Morgan fingerprint density at radius 2 is 0.713 bits per heavy atom. The number of rotatable bonds is 59. The van der Waals surface area contributed by atoms with E-state index in [0.29, 0.717) is 17.4 Å². The zero-order valence-electron chi connectivity index (χ0n) is 52.2. The monoisotopic (exact) mass is 1140 g/mol. The van der Waals surface area contributed by atoms with Gasteiger partial charge < -0.3 is 27.9 Å². The number of nitrogens with zero attached hydrogens (tertiary/aromatic N) is 1. The molecule has 0 aromatic rings. The predicted octanol–water partition coefficient (Wildman–Crippen LogP) is 20.3. The molecule has 0 aliphatic carbocycles. The van der Waals surface area contributed by atoms with E-state index in [9.17, 15) is 19.0 Å². The molecule has 80 heavy (non-hydrogen) atoms. The van der Waals surface area contributed by atoms with E-state index >= 15 is 0 Å². The van der Waals surface area contributed by atoms with Crippen LogP contribution in [-0.4, -0.2) is 70.0 Å². The maximum absolute atomic E-state index is 12.8. The maximum atomic E-state index is 12.8. The van der Waals surface area contributed by atoms with Crippen molar-refractivity contribution in [2.45, 2.75) is 277 Å². The Morgan fingerprint density at radius 3 is 1.06 bits per heavy atom. The summed E-state index contributed by atoms with van der Waals surface area (Å²) < 4.78 is 34.3. The SMILES string of the molecule is CC/C=C\C/C=C\C/C=C\C/C=C\C/C=C\C/C=C\C/C=C\CCCCCCCCCCCC(=O)OC(COC(=O)CCCCCCCCCCCCCCC/C=C\C/C=C\CCCCCCC)COP(=O)([O-])OCC[N+](C)(C)C. The standard InChI is InChI=1S/C70H122NO8P/c1-6-8-10-12-14-16-18-20-22-24-26-28-30-32-33-34-35-36-37-39-41-43-45-47-49-51-53-55-57-59-61-63-70(73)79-68(67-78-80(74,75)77-65-64-71(3,4)5)66-76-69(72)62-60-58-56-54-52-50-48-46-44-42-40-38-31-29-27-25-23-21-19-17-15-13-11-9-7-2/h8,10,14,16,19-22,25-28,32-33,35-36,39,41,68H,6-7,9,11-13,15,17-18,23-24,29-31,34,37-38,40,42-67H2,1-5H3/b10-8-,16-14-,21-19-,22-20-,27-25-,28-26-,33-32-,36-35-,41-39-. The number of quaternary nitrogens is 1. The number of phosphoric ester groups is 1. The van der Waals surface area contributed by atoms with E-state index < -0.39 is 26.5 Å². The fourth-order valence-corrected chi connectivity index (χ4v) is 9.51. The summed E-state index contributed by atoms with van der Waals surface area (Å²) in [6.07, 6.45) is 84.3. The van der Waals surface area contributed by atoms with Crippen LogP contribution in [0.15, 0.2) is 109 Å². The highest BCUT2D eigenvalue weighted by Gasteiger charge is 2.22. The van der Waals surface area contributed by atoms with Gasteiger partial charge in [0.1, 0.15) is 19.8 Å². The minimum Gasteiger partial charge on any atom is -0.756 e. The third-order valence-corrected chi connectivity index (χ3v) is 14.7. The van der Waals surface area contributed by atoms with Gasteiger partial charge in [0.15, 0.2) is 6.10 Å². The molecular formula is C70H122NO8P. The number of allylic oxidation sites excluding steroid dienone is 18. The number of phosphoric acid groups is 1. The first kappa shape index (κ1) is 76.7. The maximum Gasteiger partial charge on any atom is 0.306 e. The molecule has 10 heteroatoms. The van der Waals surface area contributed by atoms with E-state index in [-0.39, 0.29) is 32.0 Å². The lowest BCUT2D eigenvalue weighted by atomic mass is 10.0. The fraction of sp³-hybridized carbons (Fsp3) is 0.714. The Labute approximate surface area is 493 Å². The van der Waals surface area contributed by atoms with Gasteiger partial charge >= 0.3 is 11.9 Å². The molecule has 0 saturated heterocycles. The molecule has 460 valence electrons. The molecule has 0 aromatic carbocycles. The van der Waals surface area contributed by atoms with Crippen molar-refractivity contribution >= 4 is 19.8 Å². The Bertz CT molecular complexity index is 1720. The first-order valence-corrected chi connectivity index (χ1v) is 34.1. The molecular weight excluding hydrogens is 1010 g/mol. The van der Waals surface area contributed by atoms with Crippen LogP contribution in [0.25, 0.3) is 0 Å². The van der Waals surface area contributed by atoms with Crippen molar-refractivity contribution in [1.29, 1.82) is 0 Å². The molecule has 0 fully saturated rings. The van der Waals surface area contributed by atoms with Crippen molar-refractivity contribution in [3.63, 3.8) is 0 Å². The molecule has 0 amide bonds. The first-order valence-electron chi connectivity index (χ1n) is 32.6. The van der Waals surface area contributed by atoms with Gasteiger partial charge in [-0.1, -0.05) is 264 Å². The fourth-order valence-electron chi connectivity index (χ4n) is 8.79. The first-order chi connectivity index (χ1) is 39.0. The summed E-state index contributed by atoms with van der Waals surface area (Å²) >= 11 is 0. The second-order valence-corrected chi connectivity index (χ2v) is 24.2. The van der Waals surface area contributed by atoms with Gasteiger partial charge in [-0.15, -0.1) is 0 Å². The van der Waals surface area contributed by atoms with E-state index in [1.165, 1.54) is 141 Å². The molecule has 0 aromatic heterocycles. The highest BCUT2D eigenvalue weighted by atomic mass is 31.2. The van der Waals surface area contributed by atoms with Gasteiger partial charge in [0.25, 0.3) is 7.82 Å². The number of hydrogen-bond acceptors (Lipinski definition) is 8. The molecule has 0 aliphatic heterocycles. The number of esters is 2. The smallest absolute Gasteiger partial charge is 0.306 e. The van der Waals surface area contributed by atoms with Gasteiger partial charge in [0.2, 0.25) is 0 Å². The highest BCUT2D eigenvalue weighted by Crippen LogP contribution is 2.38. The van der Waals surface area contributed by atoms with Crippen LogP contribution >= 0.6 is 7.82 Å². The van der Waals surface area contributed by atoms with Gasteiger partial charge in [0.05, 0.1) is 27.7 Å². The van der Waals surface area contributed by atoms with Crippen molar-refractivity contribution in [1.82, 2.24) is 0 Å². The van der Waals surface area contributed by atoms with Crippen molar-refractivity contribution < 1.29 is 42.1 Å². The molecule has 9 nitrogen and oxygen atoms in total. The summed E-state index contributed by atoms with van der Waals surface area (Å²) in [6.45, 7) is 4.12. The van der Waals surface area contributed by atoms with Crippen LogP contribution in [0.1, 0.15) is 271 Å². The Hall–Kier alpha value is -3.33. The summed E-state index contributed by atoms with van der Waals surface area (Å²) in [6, 6.07) is 0. The minimum absolute atomic E-state index is 0.0367. The van der Waals surface area contributed by atoms with Crippen LogP contribution in [-0.2, 0) is 32.7 Å². The second kappa shape index (κ2) is 60.3. The van der Waals surface area contributed by atoms with Gasteiger partial charge in [0, 0.05) is 12.8 Å². The van der Waals surface area contributed by atoms with E-state index in [0.717, 1.165) is 96.3 Å². The van der Waals surface area contributed by atoms with E-state index in [2.05, 4.69) is 123 Å². The number of hydrogen-bond donors (Lipinski definition) is 0. The lowest BCUT2D eigenvalue weighted by Gasteiger charge is -2.28. The molecule has 0 spiro atoms. The minimum atomic E-state index is -4.65. The summed E-state index contributed by atoms with van der Waals surface area (Å²) in [4.78, 5) is 38.0. The zero-order valence-corrected chi connectivity index (χ0v) is 53.1. The number of ether oxygens (including phenoxy) is 2. The normalized spacial score (nSPS) is 13.9. The van der Waals surface area contributed by atoms with E-state index in [1.54, 1.807) is 0 Å². The Balaban J connectivity index is 4.14. The van der Waals surface area contributed by atoms with Gasteiger partial charge in [-0.3, -0.25) is 14.2 Å². The molecule has 0 aliphatic rings. The van der Waals surface area contributed by atoms with Crippen LogP contribution < -0.4 is 4.89 Å². The molecule has 0 N–H and O–H groups in total. The van der Waals surface area contributed by atoms with Gasteiger partial charge in [-0.2, -0.15) is 0 Å². The second-order valence-electron chi connectivity index (χ2n) is 22.7. The van der Waals surface area contributed by atoms with Gasteiger partial charge in [-0.25, -0.2) is 0 Å².